The maximum absolute atomic E-state index is 14.2. The van der Waals surface area contributed by atoms with Gasteiger partial charge in [0.1, 0.15) is 5.82 Å². The first-order chi connectivity index (χ1) is 8.96. The van der Waals surface area contributed by atoms with Crippen LogP contribution in [0.4, 0.5) is 4.39 Å². The van der Waals surface area contributed by atoms with E-state index in [2.05, 4.69) is 6.92 Å². The van der Waals surface area contributed by atoms with Crippen LogP contribution in [0.2, 0.25) is 0 Å². The Hall–Kier alpha value is -0.890. The van der Waals surface area contributed by atoms with Crippen LogP contribution < -0.4 is 0 Å². The predicted octanol–water partition coefficient (Wildman–Crippen LogP) is 4.62. The van der Waals surface area contributed by atoms with Gasteiger partial charge in [0.2, 0.25) is 0 Å². The van der Waals surface area contributed by atoms with Crippen molar-refractivity contribution >= 4 is 0 Å². The van der Waals surface area contributed by atoms with Gasteiger partial charge in [0.25, 0.3) is 0 Å². The van der Waals surface area contributed by atoms with Crippen LogP contribution in [0.5, 0.6) is 0 Å². The molecule has 1 aliphatic carbocycles. The van der Waals surface area contributed by atoms with Gasteiger partial charge in [0.15, 0.2) is 0 Å². The lowest BCUT2D eigenvalue weighted by molar-refractivity contribution is -0.0186. The summed E-state index contributed by atoms with van der Waals surface area (Å²) in [5, 5.41) is 10.8. The minimum Gasteiger partial charge on any atom is -0.385 e. The second-order valence-corrected chi connectivity index (χ2v) is 6.20. The van der Waals surface area contributed by atoms with Gasteiger partial charge in [-0.05, 0) is 62.6 Å². The Balaban J connectivity index is 2.23. The molecule has 0 saturated heterocycles. The van der Waals surface area contributed by atoms with Crippen molar-refractivity contribution in [1.82, 2.24) is 0 Å². The fraction of sp³-hybridized carbons (Fsp3) is 0.647. The molecule has 2 heteroatoms. The molecule has 106 valence electrons. The van der Waals surface area contributed by atoms with Gasteiger partial charge in [0, 0.05) is 5.56 Å². The Morgan fingerprint density at radius 2 is 1.89 bits per heavy atom. The third kappa shape index (κ3) is 3.00. The number of halogens is 1. The molecular formula is C17H25FO. The lowest BCUT2D eigenvalue weighted by atomic mass is 9.73. The van der Waals surface area contributed by atoms with Crippen LogP contribution in [-0.2, 0) is 5.60 Å². The van der Waals surface area contributed by atoms with Gasteiger partial charge in [-0.2, -0.15) is 0 Å². The Labute approximate surface area is 115 Å². The molecule has 0 heterocycles. The minimum atomic E-state index is -0.952. The van der Waals surface area contributed by atoms with Gasteiger partial charge in [-0.15, -0.1) is 0 Å². The maximum atomic E-state index is 14.2. The van der Waals surface area contributed by atoms with E-state index in [1.807, 2.05) is 19.9 Å². The van der Waals surface area contributed by atoms with E-state index in [9.17, 15) is 9.50 Å². The lowest BCUT2D eigenvalue weighted by Gasteiger charge is -2.37. The summed E-state index contributed by atoms with van der Waals surface area (Å²) >= 11 is 0. The van der Waals surface area contributed by atoms with Crippen LogP contribution in [0.1, 0.15) is 62.1 Å². The zero-order valence-corrected chi connectivity index (χ0v) is 12.3. The predicted molar refractivity (Wildman–Crippen MR) is 76.6 cm³/mol. The molecule has 1 N–H and O–H groups in total. The topological polar surface area (TPSA) is 20.2 Å². The quantitative estimate of drug-likeness (QED) is 0.844. The summed E-state index contributed by atoms with van der Waals surface area (Å²) in [6.07, 6.45) is 5.83. The normalized spacial score (nSPS) is 27.5. The first-order valence-corrected chi connectivity index (χ1v) is 7.46. The van der Waals surface area contributed by atoms with Gasteiger partial charge >= 0.3 is 0 Å². The Bertz CT molecular complexity index is 422. The molecule has 2 rings (SSSR count). The van der Waals surface area contributed by atoms with Crippen LogP contribution in [0, 0.1) is 25.6 Å². The summed E-state index contributed by atoms with van der Waals surface area (Å²) in [5.74, 6) is 0.466. The molecule has 1 aromatic rings. The highest BCUT2D eigenvalue weighted by Gasteiger charge is 2.37. The third-order valence-corrected chi connectivity index (χ3v) is 4.53. The van der Waals surface area contributed by atoms with E-state index in [1.54, 1.807) is 6.07 Å². The Morgan fingerprint density at radius 3 is 2.42 bits per heavy atom. The van der Waals surface area contributed by atoms with Crippen LogP contribution in [0.15, 0.2) is 12.1 Å². The molecule has 0 aromatic heterocycles. The molecule has 0 unspecified atom stereocenters. The second kappa shape index (κ2) is 5.62. The molecule has 0 aliphatic heterocycles. The lowest BCUT2D eigenvalue weighted by Crippen LogP contribution is -2.33. The van der Waals surface area contributed by atoms with Gasteiger partial charge in [-0.1, -0.05) is 25.8 Å². The molecule has 1 saturated carbocycles. The largest absolute Gasteiger partial charge is 0.385 e. The molecule has 1 fully saturated rings. The summed E-state index contributed by atoms with van der Waals surface area (Å²) < 4.78 is 14.2. The van der Waals surface area contributed by atoms with Gasteiger partial charge in [-0.25, -0.2) is 4.39 Å². The highest BCUT2D eigenvalue weighted by Crippen LogP contribution is 2.43. The molecule has 0 bridgehead atoms. The van der Waals surface area contributed by atoms with Crippen LogP contribution >= 0.6 is 0 Å². The average Bonchev–Trinajstić information content (AvgIpc) is 2.31. The van der Waals surface area contributed by atoms with E-state index in [-0.39, 0.29) is 5.82 Å². The van der Waals surface area contributed by atoms with E-state index in [4.69, 9.17) is 0 Å². The molecule has 1 nitrogen and oxygen atoms in total. The number of aryl methyl sites for hydroxylation is 2. The van der Waals surface area contributed by atoms with Gasteiger partial charge in [0.05, 0.1) is 5.60 Å². The summed E-state index contributed by atoms with van der Waals surface area (Å²) in [4.78, 5) is 0. The van der Waals surface area contributed by atoms with Crippen molar-refractivity contribution in [1.29, 1.82) is 0 Å². The minimum absolute atomic E-state index is 0.242. The third-order valence-electron chi connectivity index (χ3n) is 4.53. The van der Waals surface area contributed by atoms with Crippen molar-refractivity contribution in [3.63, 3.8) is 0 Å². The second-order valence-electron chi connectivity index (χ2n) is 6.20. The average molecular weight is 264 g/mol. The van der Waals surface area contributed by atoms with Gasteiger partial charge < -0.3 is 5.11 Å². The number of hydrogen-bond acceptors (Lipinski definition) is 1. The van der Waals surface area contributed by atoms with E-state index in [1.165, 1.54) is 12.8 Å². The first-order valence-electron chi connectivity index (χ1n) is 7.46. The number of benzene rings is 1. The summed E-state index contributed by atoms with van der Waals surface area (Å²) in [7, 11) is 0. The molecule has 0 amide bonds. The van der Waals surface area contributed by atoms with Gasteiger partial charge in [-0.3, -0.25) is 0 Å². The Kier molecular flexibility index (Phi) is 4.29. The fourth-order valence-corrected chi connectivity index (χ4v) is 3.61. The van der Waals surface area contributed by atoms with E-state index < -0.39 is 5.60 Å². The van der Waals surface area contributed by atoms with Crippen molar-refractivity contribution in [3.8, 4) is 0 Å². The zero-order chi connectivity index (χ0) is 14.0. The fourth-order valence-electron chi connectivity index (χ4n) is 3.61. The molecule has 1 aliphatic rings. The monoisotopic (exact) mass is 264 g/mol. The molecule has 0 radical (unpaired) electrons. The Morgan fingerprint density at radius 1 is 1.26 bits per heavy atom. The SMILES string of the molecule is CCCC1CCC(O)(c2c(C)cc(C)cc2F)CC1. The van der Waals surface area contributed by atoms with E-state index in [0.717, 1.165) is 24.0 Å². The van der Waals surface area contributed by atoms with E-state index in [0.29, 0.717) is 24.3 Å². The van der Waals surface area contributed by atoms with Crippen molar-refractivity contribution in [2.24, 2.45) is 5.92 Å². The zero-order valence-electron chi connectivity index (χ0n) is 12.3. The highest BCUT2D eigenvalue weighted by atomic mass is 19.1. The maximum Gasteiger partial charge on any atom is 0.129 e. The molecule has 1 aromatic carbocycles. The smallest absolute Gasteiger partial charge is 0.129 e. The first kappa shape index (κ1) is 14.5. The van der Waals surface area contributed by atoms with Crippen molar-refractivity contribution in [2.45, 2.75) is 64.9 Å². The molecule has 0 spiro atoms. The number of rotatable bonds is 3. The summed E-state index contributed by atoms with van der Waals surface area (Å²) in [5.41, 5.74) is 1.38. The van der Waals surface area contributed by atoms with Crippen molar-refractivity contribution in [3.05, 3.63) is 34.6 Å². The van der Waals surface area contributed by atoms with Crippen LogP contribution in [0.3, 0.4) is 0 Å². The van der Waals surface area contributed by atoms with Crippen LogP contribution in [0.25, 0.3) is 0 Å². The highest BCUT2D eigenvalue weighted by molar-refractivity contribution is 5.36. The van der Waals surface area contributed by atoms with Crippen LogP contribution in [-0.4, -0.2) is 5.11 Å². The molecular weight excluding hydrogens is 239 g/mol. The summed E-state index contributed by atoms with van der Waals surface area (Å²) in [6.45, 7) is 5.99. The molecule has 19 heavy (non-hydrogen) atoms. The number of aliphatic hydroxyl groups is 1. The van der Waals surface area contributed by atoms with Crippen molar-refractivity contribution in [2.75, 3.05) is 0 Å². The van der Waals surface area contributed by atoms with Crippen molar-refractivity contribution < 1.29 is 9.50 Å². The molecule has 0 atom stereocenters. The number of hydrogen-bond donors (Lipinski definition) is 1. The standard InChI is InChI=1S/C17H25FO/c1-4-5-14-6-8-17(19,9-7-14)16-13(3)10-12(2)11-15(16)18/h10-11,14,19H,4-9H2,1-3H3. The van der Waals surface area contributed by atoms with E-state index >= 15 is 0 Å². The summed E-state index contributed by atoms with van der Waals surface area (Å²) in [6, 6.07) is 3.51.